The molecule has 0 aromatic heterocycles. The Labute approximate surface area is 240 Å². The number of rotatable bonds is 10. The number of nitrogens with zero attached hydrogens (tertiary/aromatic N) is 1. The lowest BCUT2D eigenvalue weighted by molar-refractivity contribution is -0.135. The number of allylic oxidation sites excluding steroid dienone is 1. The van der Waals surface area contributed by atoms with Gasteiger partial charge in [-0.3, -0.25) is 4.79 Å². The topological polar surface area (TPSA) is 94.6 Å². The summed E-state index contributed by atoms with van der Waals surface area (Å²) in [5, 5.41) is 9.97. The van der Waals surface area contributed by atoms with E-state index in [1.54, 1.807) is 12.1 Å². The molecule has 0 aliphatic carbocycles. The number of carbonyl (C=O) groups is 1. The third-order valence-corrected chi connectivity index (χ3v) is 7.12. The fraction of sp³-hybridized carbons (Fsp3) is 0.200. The van der Waals surface area contributed by atoms with Crippen LogP contribution in [0.1, 0.15) is 60.3 Å². The minimum absolute atomic E-state index is 0.0224. The van der Waals surface area contributed by atoms with E-state index in [-0.39, 0.29) is 5.88 Å². The molecule has 0 spiro atoms. The molecule has 1 heterocycles. The first kappa shape index (κ1) is 27.5. The van der Waals surface area contributed by atoms with Crippen LogP contribution >= 0.6 is 0 Å². The van der Waals surface area contributed by atoms with E-state index < -0.39 is 17.8 Å². The molecule has 1 aliphatic rings. The SMILES string of the molecule is CCCCCOc1cccc(C2C(C#N)=C(N)Oc3cc(OC(=O)C(c4ccccc4)c4ccccc4)ccc32)c1. The van der Waals surface area contributed by atoms with Crippen LogP contribution in [-0.2, 0) is 4.79 Å². The molecule has 4 aromatic rings. The highest BCUT2D eigenvalue weighted by atomic mass is 16.5. The number of hydrogen-bond acceptors (Lipinski definition) is 6. The van der Waals surface area contributed by atoms with Crippen molar-refractivity contribution in [1.82, 2.24) is 0 Å². The van der Waals surface area contributed by atoms with Crippen molar-refractivity contribution in [3.8, 4) is 23.3 Å². The molecule has 1 atom stereocenters. The van der Waals surface area contributed by atoms with Crippen LogP contribution in [0.15, 0.2) is 115 Å². The number of hydrogen-bond donors (Lipinski definition) is 1. The van der Waals surface area contributed by atoms with Gasteiger partial charge >= 0.3 is 5.97 Å². The van der Waals surface area contributed by atoms with Gasteiger partial charge in [0, 0.05) is 11.6 Å². The van der Waals surface area contributed by atoms with E-state index in [1.807, 2.05) is 91.0 Å². The Kier molecular flexibility index (Phi) is 8.66. The Morgan fingerprint density at radius 2 is 1.61 bits per heavy atom. The molecule has 0 saturated heterocycles. The zero-order valence-corrected chi connectivity index (χ0v) is 23.0. The first-order valence-electron chi connectivity index (χ1n) is 13.8. The van der Waals surface area contributed by atoms with E-state index in [2.05, 4.69) is 13.0 Å². The van der Waals surface area contributed by atoms with Crippen LogP contribution in [0, 0.1) is 11.3 Å². The third-order valence-electron chi connectivity index (χ3n) is 7.12. The van der Waals surface area contributed by atoms with Gasteiger partial charge in [0.15, 0.2) is 0 Å². The van der Waals surface area contributed by atoms with E-state index in [4.69, 9.17) is 19.9 Å². The van der Waals surface area contributed by atoms with Gasteiger partial charge in [0.25, 0.3) is 0 Å². The number of nitrogens with two attached hydrogens (primary N) is 1. The average Bonchev–Trinajstić information content (AvgIpc) is 3.00. The van der Waals surface area contributed by atoms with Crippen LogP contribution in [0.3, 0.4) is 0 Å². The number of fused-ring (bicyclic) bond motifs is 1. The van der Waals surface area contributed by atoms with Crippen LogP contribution in [-0.4, -0.2) is 12.6 Å². The van der Waals surface area contributed by atoms with E-state index in [9.17, 15) is 10.1 Å². The average molecular weight is 545 g/mol. The molecular weight excluding hydrogens is 512 g/mol. The largest absolute Gasteiger partial charge is 0.494 e. The number of carbonyl (C=O) groups excluding carboxylic acids is 1. The molecule has 6 nitrogen and oxygen atoms in total. The van der Waals surface area contributed by atoms with E-state index in [0.29, 0.717) is 23.7 Å². The smallest absolute Gasteiger partial charge is 0.323 e. The summed E-state index contributed by atoms with van der Waals surface area (Å²) in [5.41, 5.74) is 9.83. The van der Waals surface area contributed by atoms with Crippen LogP contribution in [0.5, 0.6) is 17.2 Å². The number of nitriles is 1. The summed E-state index contributed by atoms with van der Waals surface area (Å²) in [6, 6.07) is 34.2. The molecule has 5 rings (SSSR count). The standard InChI is InChI=1S/C35H32N2O4/c1-2-3-10-20-39-27-17-11-16-26(21-27)33-29-19-18-28(22-31(29)41-34(37)30(33)23-36)40-35(38)32(24-12-6-4-7-13-24)25-14-8-5-9-15-25/h4-9,11-19,21-22,32-33H,2-3,10,20,37H2,1H3. The normalized spacial score (nSPS) is 14.1. The van der Waals surface area contributed by atoms with E-state index in [1.165, 1.54) is 0 Å². The van der Waals surface area contributed by atoms with E-state index in [0.717, 1.165) is 47.3 Å². The van der Waals surface area contributed by atoms with Crippen molar-refractivity contribution < 1.29 is 19.0 Å². The van der Waals surface area contributed by atoms with Crippen LogP contribution in [0.4, 0.5) is 0 Å². The Hall–Kier alpha value is -5.02. The maximum absolute atomic E-state index is 13.5. The second-order valence-electron chi connectivity index (χ2n) is 9.93. The quantitative estimate of drug-likeness (QED) is 0.129. The number of esters is 1. The molecule has 0 saturated carbocycles. The molecule has 1 aliphatic heterocycles. The maximum Gasteiger partial charge on any atom is 0.323 e. The highest BCUT2D eigenvalue weighted by Crippen LogP contribution is 2.44. The molecule has 0 amide bonds. The molecule has 41 heavy (non-hydrogen) atoms. The van der Waals surface area contributed by atoms with E-state index >= 15 is 0 Å². The Morgan fingerprint density at radius 3 is 2.27 bits per heavy atom. The van der Waals surface area contributed by atoms with Gasteiger partial charge in [-0.1, -0.05) is 98.6 Å². The zero-order chi connectivity index (χ0) is 28.6. The molecule has 6 heteroatoms. The fourth-order valence-electron chi connectivity index (χ4n) is 5.10. The first-order chi connectivity index (χ1) is 20.1. The minimum atomic E-state index is -0.600. The summed E-state index contributed by atoms with van der Waals surface area (Å²) in [6.07, 6.45) is 3.21. The summed E-state index contributed by atoms with van der Waals surface area (Å²) in [4.78, 5) is 13.5. The molecular formula is C35H32N2O4. The Balaban J connectivity index is 1.43. The van der Waals surface area contributed by atoms with Crippen LogP contribution in [0.25, 0.3) is 0 Å². The second kappa shape index (κ2) is 12.9. The van der Waals surface area contributed by atoms with Crippen molar-refractivity contribution in [1.29, 1.82) is 5.26 Å². The van der Waals surface area contributed by atoms with Crippen molar-refractivity contribution in [2.45, 2.75) is 38.0 Å². The van der Waals surface area contributed by atoms with Crippen LogP contribution < -0.4 is 19.9 Å². The molecule has 0 radical (unpaired) electrons. The molecule has 4 aromatic carbocycles. The van der Waals surface area contributed by atoms with Crippen molar-refractivity contribution >= 4 is 5.97 Å². The molecule has 0 bridgehead atoms. The predicted octanol–water partition coefficient (Wildman–Crippen LogP) is 7.21. The lowest BCUT2D eigenvalue weighted by Crippen LogP contribution is -2.22. The van der Waals surface area contributed by atoms with Gasteiger partial charge in [-0.05, 0) is 41.3 Å². The van der Waals surface area contributed by atoms with Gasteiger partial charge in [0.1, 0.15) is 34.8 Å². The summed E-state index contributed by atoms with van der Waals surface area (Å²) in [7, 11) is 0. The molecule has 1 unspecified atom stereocenters. The van der Waals surface area contributed by atoms with Crippen molar-refractivity contribution in [3.05, 3.63) is 137 Å². The fourth-order valence-corrected chi connectivity index (χ4v) is 5.10. The monoisotopic (exact) mass is 544 g/mol. The van der Waals surface area contributed by atoms with Crippen molar-refractivity contribution in [2.24, 2.45) is 5.73 Å². The van der Waals surface area contributed by atoms with Gasteiger partial charge in [-0.15, -0.1) is 0 Å². The first-order valence-corrected chi connectivity index (χ1v) is 13.8. The highest BCUT2D eigenvalue weighted by Gasteiger charge is 2.32. The lowest BCUT2D eigenvalue weighted by Gasteiger charge is -2.27. The Morgan fingerprint density at radius 1 is 0.902 bits per heavy atom. The molecule has 2 N–H and O–H groups in total. The molecule has 206 valence electrons. The minimum Gasteiger partial charge on any atom is -0.494 e. The zero-order valence-electron chi connectivity index (χ0n) is 23.0. The maximum atomic E-state index is 13.5. The van der Waals surface area contributed by atoms with Crippen molar-refractivity contribution in [3.63, 3.8) is 0 Å². The van der Waals surface area contributed by atoms with Gasteiger partial charge in [0.2, 0.25) is 5.88 Å². The van der Waals surface area contributed by atoms with Crippen molar-refractivity contribution in [2.75, 3.05) is 6.61 Å². The number of benzene rings is 4. The summed E-state index contributed by atoms with van der Waals surface area (Å²) < 4.78 is 17.7. The third kappa shape index (κ3) is 6.26. The van der Waals surface area contributed by atoms with Gasteiger partial charge in [-0.25, -0.2) is 0 Å². The summed E-state index contributed by atoms with van der Waals surface area (Å²) in [6.45, 7) is 2.78. The summed E-state index contributed by atoms with van der Waals surface area (Å²) >= 11 is 0. The molecule has 0 fully saturated rings. The van der Waals surface area contributed by atoms with Gasteiger partial charge in [0.05, 0.1) is 12.5 Å². The number of unbranched alkanes of at least 4 members (excludes halogenated alkanes) is 2. The lowest BCUT2D eigenvalue weighted by atomic mass is 9.83. The summed E-state index contributed by atoms with van der Waals surface area (Å²) in [5.74, 6) is 0.0537. The number of ether oxygens (including phenoxy) is 3. The van der Waals surface area contributed by atoms with Gasteiger partial charge in [-0.2, -0.15) is 5.26 Å². The Bertz CT molecular complexity index is 1540. The predicted molar refractivity (Wildman–Crippen MR) is 158 cm³/mol. The van der Waals surface area contributed by atoms with Crippen LogP contribution in [0.2, 0.25) is 0 Å². The highest BCUT2D eigenvalue weighted by molar-refractivity contribution is 5.84. The van der Waals surface area contributed by atoms with Gasteiger partial charge < -0.3 is 19.9 Å². The second-order valence-corrected chi connectivity index (χ2v) is 9.93.